The Morgan fingerprint density at radius 2 is 2.14 bits per heavy atom. The third-order valence-electron chi connectivity index (χ3n) is 2.75. The van der Waals surface area contributed by atoms with Crippen LogP contribution in [0.2, 0.25) is 0 Å². The van der Waals surface area contributed by atoms with Crippen LogP contribution in [0.5, 0.6) is 0 Å². The third kappa shape index (κ3) is 2.46. The smallest absolute Gasteiger partial charge is 0.220 e. The number of hydrogen-bond acceptors (Lipinski definition) is 3. The Labute approximate surface area is 84.9 Å². The Bertz CT molecular complexity index is 249. The Kier molecular flexibility index (Phi) is 3.48. The topological polar surface area (TPSA) is 56.1 Å². The van der Waals surface area contributed by atoms with Gasteiger partial charge in [-0.05, 0) is 19.9 Å². The van der Waals surface area contributed by atoms with Gasteiger partial charge in [0.25, 0.3) is 0 Å². The van der Waals surface area contributed by atoms with E-state index in [1.807, 2.05) is 7.05 Å². The van der Waals surface area contributed by atoms with Crippen LogP contribution in [-0.2, 0) is 4.79 Å². The number of hydrogen-bond donors (Lipinski definition) is 1. The first-order chi connectivity index (χ1) is 6.62. The molecule has 0 atom stereocenters. The molecule has 1 aliphatic heterocycles. The lowest BCUT2D eigenvalue weighted by Gasteiger charge is -2.35. The molecule has 1 rings (SSSR count). The Morgan fingerprint density at radius 1 is 1.57 bits per heavy atom. The maximum Gasteiger partial charge on any atom is 0.220 e. The van der Waals surface area contributed by atoms with Crippen LogP contribution in [0.3, 0.4) is 0 Å². The van der Waals surface area contributed by atoms with Gasteiger partial charge in [-0.3, -0.25) is 4.79 Å². The molecule has 0 aromatic carbocycles. The minimum absolute atomic E-state index is 0.0314. The highest BCUT2D eigenvalue weighted by atomic mass is 16.1. The summed E-state index contributed by atoms with van der Waals surface area (Å²) in [6.45, 7) is 3.55. The van der Waals surface area contributed by atoms with E-state index in [9.17, 15) is 4.79 Å². The molecule has 1 aliphatic rings. The lowest BCUT2D eigenvalue weighted by atomic mass is 9.89. The summed E-state index contributed by atoms with van der Waals surface area (Å²) in [5.41, 5.74) is -0.612. The minimum atomic E-state index is -0.612. The van der Waals surface area contributed by atoms with Gasteiger partial charge in [0.2, 0.25) is 5.91 Å². The van der Waals surface area contributed by atoms with Crippen molar-refractivity contribution in [2.75, 3.05) is 20.1 Å². The van der Waals surface area contributed by atoms with E-state index in [0.717, 1.165) is 25.9 Å². The summed E-state index contributed by atoms with van der Waals surface area (Å²) < 4.78 is 0. The van der Waals surface area contributed by atoms with Crippen molar-refractivity contribution in [1.29, 1.82) is 5.26 Å². The van der Waals surface area contributed by atoms with Crippen LogP contribution < -0.4 is 5.32 Å². The average Bonchev–Trinajstić information content (AvgIpc) is 2.22. The highest BCUT2D eigenvalue weighted by Gasteiger charge is 2.34. The van der Waals surface area contributed by atoms with Gasteiger partial charge in [-0.15, -0.1) is 0 Å². The highest BCUT2D eigenvalue weighted by Crippen LogP contribution is 2.20. The second kappa shape index (κ2) is 4.43. The van der Waals surface area contributed by atoms with Gasteiger partial charge in [0, 0.05) is 19.5 Å². The van der Waals surface area contributed by atoms with Crippen molar-refractivity contribution in [3.63, 3.8) is 0 Å². The van der Waals surface area contributed by atoms with Gasteiger partial charge in [0.05, 0.1) is 6.07 Å². The fourth-order valence-corrected chi connectivity index (χ4v) is 1.62. The van der Waals surface area contributed by atoms with Gasteiger partial charge < -0.3 is 10.2 Å². The molecule has 4 heteroatoms. The molecule has 14 heavy (non-hydrogen) atoms. The van der Waals surface area contributed by atoms with E-state index in [0.29, 0.717) is 6.42 Å². The van der Waals surface area contributed by atoms with E-state index in [1.54, 1.807) is 6.92 Å². The lowest BCUT2D eigenvalue weighted by molar-refractivity contribution is -0.122. The Morgan fingerprint density at radius 3 is 2.57 bits per heavy atom. The van der Waals surface area contributed by atoms with E-state index in [-0.39, 0.29) is 5.91 Å². The molecule has 1 saturated heterocycles. The van der Waals surface area contributed by atoms with Gasteiger partial charge >= 0.3 is 0 Å². The fraction of sp³-hybridized carbons (Fsp3) is 0.800. The van der Waals surface area contributed by atoms with Crippen molar-refractivity contribution >= 4 is 5.91 Å². The normalized spacial score (nSPS) is 21.2. The number of amides is 1. The number of carbonyl (C=O) groups is 1. The van der Waals surface area contributed by atoms with Crippen LogP contribution in [0.1, 0.15) is 26.2 Å². The van der Waals surface area contributed by atoms with E-state index in [4.69, 9.17) is 5.26 Å². The molecule has 0 saturated carbocycles. The molecule has 4 nitrogen and oxygen atoms in total. The molecule has 0 aliphatic carbocycles. The zero-order chi connectivity index (χ0) is 10.6. The van der Waals surface area contributed by atoms with E-state index in [1.165, 1.54) is 0 Å². The maximum atomic E-state index is 11.2. The van der Waals surface area contributed by atoms with Crippen LogP contribution in [0.4, 0.5) is 0 Å². The second-order valence-corrected chi connectivity index (χ2v) is 3.90. The monoisotopic (exact) mass is 195 g/mol. The first-order valence-corrected chi connectivity index (χ1v) is 5.03. The van der Waals surface area contributed by atoms with Crippen molar-refractivity contribution < 1.29 is 4.79 Å². The molecular formula is C10H17N3O. The van der Waals surface area contributed by atoms with Crippen molar-refractivity contribution in [2.45, 2.75) is 31.7 Å². The van der Waals surface area contributed by atoms with Crippen molar-refractivity contribution in [3.05, 3.63) is 0 Å². The van der Waals surface area contributed by atoms with Gasteiger partial charge in [0.1, 0.15) is 5.54 Å². The lowest BCUT2D eigenvalue weighted by Crippen LogP contribution is -2.53. The van der Waals surface area contributed by atoms with Crippen LogP contribution in [-0.4, -0.2) is 36.5 Å². The standard InChI is InChI=1S/C10H17N3O/c1-3-9(14)12-10(8-11)4-6-13(2)7-5-10/h3-7H2,1-2H3,(H,12,14). The number of rotatable bonds is 2. The zero-order valence-corrected chi connectivity index (χ0v) is 8.84. The number of carbonyl (C=O) groups excluding carboxylic acids is 1. The summed E-state index contributed by atoms with van der Waals surface area (Å²) in [5.74, 6) is -0.0314. The van der Waals surface area contributed by atoms with Gasteiger partial charge in [0.15, 0.2) is 0 Å². The summed E-state index contributed by atoms with van der Waals surface area (Å²) in [7, 11) is 2.03. The molecule has 0 aromatic heterocycles. The summed E-state index contributed by atoms with van der Waals surface area (Å²) in [6.07, 6.45) is 1.90. The number of likely N-dealkylation sites (tertiary alicyclic amines) is 1. The number of nitrogens with zero attached hydrogens (tertiary/aromatic N) is 2. The quantitative estimate of drug-likeness (QED) is 0.698. The van der Waals surface area contributed by atoms with Crippen LogP contribution in [0.15, 0.2) is 0 Å². The fourth-order valence-electron chi connectivity index (χ4n) is 1.62. The van der Waals surface area contributed by atoms with Gasteiger partial charge in [-0.2, -0.15) is 5.26 Å². The molecule has 1 heterocycles. The molecule has 0 bridgehead atoms. The summed E-state index contributed by atoms with van der Waals surface area (Å²) in [5, 5.41) is 11.9. The number of nitrogens with one attached hydrogen (secondary N) is 1. The average molecular weight is 195 g/mol. The van der Waals surface area contributed by atoms with Crippen LogP contribution in [0, 0.1) is 11.3 Å². The van der Waals surface area contributed by atoms with Crippen molar-refractivity contribution in [2.24, 2.45) is 0 Å². The third-order valence-corrected chi connectivity index (χ3v) is 2.75. The largest absolute Gasteiger partial charge is 0.338 e. The molecule has 1 fully saturated rings. The van der Waals surface area contributed by atoms with Crippen molar-refractivity contribution in [1.82, 2.24) is 10.2 Å². The molecule has 0 unspecified atom stereocenters. The van der Waals surface area contributed by atoms with Crippen molar-refractivity contribution in [3.8, 4) is 6.07 Å². The van der Waals surface area contributed by atoms with Gasteiger partial charge in [-0.25, -0.2) is 0 Å². The molecular weight excluding hydrogens is 178 g/mol. The van der Waals surface area contributed by atoms with Crippen LogP contribution >= 0.6 is 0 Å². The molecule has 0 spiro atoms. The number of nitriles is 1. The highest BCUT2D eigenvalue weighted by molar-refractivity contribution is 5.76. The SMILES string of the molecule is CCC(=O)NC1(C#N)CCN(C)CC1. The van der Waals surface area contributed by atoms with E-state index in [2.05, 4.69) is 16.3 Å². The summed E-state index contributed by atoms with van der Waals surface area (Å²) in [4.78, 5) is 13.4. The molecule has 0 radical (unpaired) electrons. The molecule has 1 N–H and O–H groups in total. The summed E-state index contributed by atoms with van der Waals surface area (Å²) in [6, 6.07) is 2.24. The first-order valence-electron chi connectivity index (χ1n) is 5.03. The Balaban J connectivity index is 2.60. The first kappa shape index (κ1) is 11.0. The zero-order valence-electron chi connectivity index (χ0n) is 8.84. The molecule has 78 valence electrons. The second-order valence-electron chi connectivity index (χ2n) is 3.90. The predicted molar refractivity (Wildman–Crippen MR) is 53.5 cm³/mol. The van der Waals surface area contributed by atoms with E-state index >= 15 is 0 Å². The molecule has 0 aromatic rings. The summed E-state index contributed by atoms with van der Waals surface area (Å²) >= 11 is 0. The predicted octanol–water partition coefficient (Wildman–Crippen LogP) is 0.501. The van der Waals surface area contributed by atoms with Crippen LogP contribution in [0.25, 0.3) is 0 Å². The Hall–Kier alpha value is -1.08. The van der Waals surface area contributed by atoms with Gasteiger partial charge in [-0.1, -0.05) is 6.92 Å². The maximum absolute atomic E-state index is 11.2. The number of piperidine rings is 1. The minimum Gasteiger partial charge on any atom is -0.338 e. The molecule has 1 amide bonds. The van der Waals surface area contributed by atoms with E-state index < -0.39 is 5.54 Å².